The molecule has 0 aliphatic rings. The minimum absolute atomic E-state index is 0.00792. The first kappa shape index (κ1) is 42.1. The number of unbranched alkanes of at least 4 members (excludes halogenated alkanes) is 2. The molecule has 0 saturated carbocycles. The molecule has 4 amide bonds. The van der Waals surface area contributed by atoms with Crippen LogP contribution in [0.3, 0.4) is 0 Å². The highest BCUT2D eigenvalue weighted by molar-refractivity contribution is 5.97. The van der Waals surface area contributed by atoms with Crippen molar-refractivity contribution in [3.63, 3.8) is 0 Å². The van der Waals surface area contributed by atoms with Crippen molar-refractivity contribution in [3.8, 4) is 0 Å². The highest BCUT2D eigenvalue weighted by atomic mass is 19.2. The van der Waals surface area contributed by atoms with Gasteiger partial charge in [0, 0.05) is 57.5 Å². The Morgan fingerprint density at radius 3 is 1.83 bits per heavy atom. The molecule has 0 fully saturated rings. The van der Waals surface area contributed by atoms with Crippen molar-refractivity contribution in [2.45, 2.75) is 101 Å². The fraction of sp³-hybridized carbons (Fsp3) is 0.447. The summed E-state index contributed by atoms with van der Waals surface area (Å²) in [5, 5.41) is 16.6. The Kier molecular flexibility index (Phi) is 15.9. The number of carboxylic acids is 1. The van der Waals surface area contributed by atoms with Crippen LogP contribution in [-0.2, 0) is 43.2 Å². The lowest BCUT2D eigenvalue weighted by Crippen LogP contribution is -2.65. The van der Waals surface area contributed by atoms with Crippen LogP contribution in [-0.4, -0.2) is 86.3 Å². The number of nitrogens with two attached hydrogens (primary N) is 1. The third kappa shape index (κ3) is 12.4. The molecule has 0 spiro atoms. The van der Waals surface area contributed by atoms with Crippen LogP contribution in [0.1, 0.15) is 69.1 Å². The fourth-order valence-corrected chi connectivity index (χ4v) is 5.62. The first-order chi connectivity index (χ1) is 25.2. The molecule has 2 aromatic heterocycles. The number of alkyl halides is 2. The first-order valence-corrected chi connectivity index (χ1v) is 17.6. The number of hydrogen-bond acceptors (Lipinski definition) is 8. The van der Waals surface area contributed by atoms with Crippen LogP contribution >= 0.6 is 0 Å². The maximum Gasteiger partial charge on any atom is 0.326 e. The predicted molar refractivity (Wildman–Crippen MR) is 193 cm³/mol. The standard InChI is InChI=1S/C38H49F2N7O6/c1-4-6-17-37(39,45-32(48)29(41)21-27-15-11-19-42-24-27)35(52)44-30(22-26-13-9-8-10-14-26)33(49)46-38(40,18-7-5-2)36(53)47(3)31(34(50)51)23-28-16-12-20-43-25-28/h8-16,19-20,24-25,29-31H,4-7,17-18,21-23,41H2,1-3H3,(H,44,52)(H,45,48)(H,46,49)(H,50,51)/t29-,30-,31-,37-,38-/m0/s1. The number of pyridine rings is 2. The van der Waals surface area contributed by atoms with E-state index in [2.05, 4.69) is 25.9 Å². The summed E-state index contributed by atoms with van der Waals surface area (Å²) in [7, 11) is 1.13. The van der Waals surface area contributed by atoms with Gasteiger partial charge < -0.3 is 31.7 Å². The summed E-state index contributed by atoms with van der Waals surface area (Å²) in [4.78, 5) is 75.5. The van der Waals surface area contributed by atoms with Gasteiger partial charge in [-0.2, -0.15) is 0 Å². The summed E-state index contributed by atoms with van der Waals surface area (Å²) in [6.07, 6.45) is 5.74. The Bertz CT molecular complexity index is 1660. The van der Waals surface area contributed by atoms with Crippen LogP contribution < -0.4 is 21.7 Å². The molecule has 3 aromatic rings. The number of hydrogen-bond donors (Lipinski definition) is 5. The number of aliphatic carboxylic acids is 1. The molecule has 2 heterocycles. The topological polar surface area (TPSA) is 197 Å². The Labute approximate surface area is 308 Å². The van der Waals surface area contributed by atoms with Crippen LogP contribution in [0.2, 0.25) is 0 Å². The van der Waals surface area contributed by atoms with Gasteiger partial charge >= 0.3 is 5.97 Å². The van der Waals surface area contributed by atoms with Gasteiger partial charge in [0.25, 0.3) is 23.4 Å². The molecular weight excluding hydrogens is 688 g/mol. The molecule has 53 heavy (non-hydrogen) atoms. The number of nitrogens with one attached hydrogen (secondary N) is 3. The fourth-order valence-electron chi connectivity index (χ4n) is 5.62. The minimum Gasteiger partial charge on any atom is -0.480 e. The zero-order chi connectivity index (χ0) is 39.0. The third-order valence-corrected chi connectivity index (χ3v) is 8.74. The van der Waals surface area contributed by atoms with Gasteiger partial charge in [-0.15, -0.1) is 0 Å². The molecule has 13 nitrogen and oxygen atoms in total. The smallest absolute Gasteiger partial charge is 0.326 e. The molecule has 286 valence electrons. The van der Waals surface area contributed by atoms with Gasteiger partial charge in [-0.05, 0) is 48.1 Å². The van der Waals surface area contributed by atoms with Crippen molar-refractivity contribution in [1.82, 2.24) is 30.8 Å². The van der Waals surface area contributed by atoms with Gasteiger partial charge in [0.05, 0.1) is 6.04 Å². The van der Waals surface area contributed by atoms with Crippen molar-refractivity contribution >= 4 is 29.6 Å². The van der Waals surface area contributed by atoms with Crippen LogP contribution in [0.5, 0.6) is 0 Å². The van der Waals surface area contributed by atoms with Gasteiger partial charge in [-0.1, -0.05) is 69.2 Å². The largest absolute Gasteiger partial charge is 0.480 e. The van der Waals surface area contributed by atoms with Gasteiger partial charge in [-0.3, -0.25) is 29.1 Å². The normalized spacial score (nSPS) is 15.1. The van der Waals surface area contributed by atoms with Crippen molar-refractivity contribution in [1.29, 1.82) is 0 Å². The van der Waals surface area contributed by atoms with Crippen molar-refractivity contribution in [3.05, 3.63) is 96.1 Å². The number of likely N-dealkylation sites (N-methyl/N-ethyl adjacent to an activating group) is 1. The molecule has 0 bridgehead atoms. The lowest BCUT2D eigenvalue weighted by Gasteiger charge is -2.34. The molecule has 1 aromatic carbocycles. The molecule has 6 N–H and O–H groups in total. The number of carboxylic acid groups (broad SMARTS) is 1. The SMILES string of the molecule is CCCC[C@](F)(NC(=O)[C@@H](N)Cc1cccnc1)C(=O)N[C@@H](Cc1ccccc1)C(=O)N[C@@](F)(CCCC)C(=O)N(C)[C@@H](Cc1cccnc1)C(=O)O. The summed E-state index contributed by atoms with van der Waals surface area (Å²) in [6, 6.07) is 10.5. The Morgan fingerprint density at radius 1 is 0.774 bits per heavy atom. The summed E-state index contributed by atoms with van der Waals surface area (Å²) in [5.74, 6) is -12.3. The number of nitrogens with zero attached hydrogens (tertiary/aromatic N) is 3. The van der Waals surface area contributed by atoms with E-state index in [1.54, 1.807) is 74.6 Å². The van der Waals surface area contributed by atoms with Crippen LogP contribution in [0, 0.1) is 0 Å². The lowest BCUT2D eigenvalue weighted by atomic mass is 9.99. The van der Waals surface area contributed by atoms with Crippen molar-refractivity contribution < 1.29 is 37.9 Å². The quantitative estimate of drug-likeness (QED) is 0.102. The molecule has 0 saturated heterocycles. The highest BCUT2D eigenvalue weighted by Gasteiger charge is 2.47. The Morgan fingerprint density at radius 2 is 1.30 bits per heavy atom. The average molecular weight is 738 g/mol. The second-order valence-electron chi connectivity index (χ2n) is 13.0. The van der Waals surface area contributed by atoms with E-state index < -0.39 is 72.2 Å². The summed E-state index contributed by atoms with van der Waals surface area (Å²) in [6.45, 7) is 3.50. The van der Waals surface area contributed by atoms with Crippen molar-refractivity contribution in [2.24, 2.45) is 5.73 Å². The van der Waals surface area contributed by atoms with Gasteiger partial charge in [0.1, 0.15) is 12.1 Å². The highest BCUT2D eigenvalue weighted by Crippen LogP contribution is 2.23. The minimum atomic E-state index is -3.10. The second kappa shape index (κ2) is 20.1. The predicted octanol–water partition coefficient (Wildman–Crippen LogP) is 3.17. The van der Waals surface area contributed by atoms with E-state index in [1.807, 2.05) is 0 Å². The maximum atomic E-state index is 16.9. The van der Waals surface area contributed by atoms with E-state index in [1.165, 1.54) is 18.6 Å². The number of rotatable bonds is 21. The van der Waals surface area contributed by atoms with E-state index in [9.17, 15) is 29.1 Å². The van der Waals surface area contributed by atoms with Gasteiger partial charge in [0.15, 0.2) is 0 Å². The third-order valence-electron chi connectivity index (χ3n) is 8.74. The zero-order valence-electron chi connectivity index (χ0n) is 30.3. The number of halogens is 2. The molecule has 0 radical (unpaired) electrons. The van der Waals surface area contributed by atoms with E-state index in [0.717, 1.165) is 11.9 Å². The Balaban J connectivity index is 1.91. The second-order valence-corrected chi connectivity index (χ2v) is 13.0. The van der Waals surface area contributed by atoms with E-state index in [0.29, 0.717) is 29.5 Å². The summed E-state index contributed by atoms with van der Waals surface area (Å²) < 4.78 is 33.6. The molecule has 15 heteroatoms. The average Bonchev–Trinajstić information content (AvgIpc) is 3.15. The number of benzene rings is 1. The van der Waals surface area contributed by atoms with Crippen molar-refractivity contribution in [2.75, 3.05) is 7.05 Å². The number of carbonyl (C=O) groups is 5. The van der Waals surface area contributed by atoms with Gasteiger partial charge in [0.2, 0.25) is 11.8 Å². The number of amides is 4. The molecule has 0 aliphatic heterocycles. The molecule has 0 aliphatic carbocycles. The van der Waals surface area contributed by atoms with Crippen LogP contribution in [0.4, 0.5) is 8.78 Å². The Hall–Kier alpha value is -5.31. The lowest BCUT2D eigenvalue weighted by molar-refractivity contribution is -0.158. The zero-order valence-corrected chi connectivity index (χ0v) is 30.3. The summed E-state index contributed by atoms with van der Waals surface area (Å²) in [5.41, 5.74) is 7.67. The van der Waals surface area contributed by atoms with Crippen LogP contribution in [0.25, 0.3) is 0 Å². The maximum absolute atomic E-state index is 16.9. The van der Waals surface area contributed by atoms with Crippen LogP contribution in [0.15, 0.2) is 79.4 Å². The summed E-state index contributed by atoms with van der Waals surface area (Å²) >= 11 is 0. The first-order valence-electron chi connectivity index (χ1n) is 17.6. The molecule has 0 unspecified atom stereocenters. The molecule has 5 atom stereocenters. The van der Waals surface area contributed by atoms with E-state index in [-0.39, 0.29) is 32.1 Å². The van der Waals surface area contributed by atoms with E-state index in [4.69, 9.17) is 5.73 Å². The molecule has 3 rings (SSSR count). The molecular formula is C38H49F2N7O6. The number of aromatic nitrogens is 2. The van der Waals surface area contributed by atoms with Gasteiger partial charge in [-0.25, -0.2) is 13.6 Å². The number of carbonyl (C=O) groups excluding carboxylic acids is 4. The monoisotopic (exact) mass is 737 g/mol. The van der Waals surface area contributed by atoms with E-state index >= 15 is 8.78 Å².